The van der Waals surface area contributed by atoms with Gasteiger partial charge in [-0.15, -0.1) is 0 Å². The highest BCUT2D eigenvalue weighted by atomic mass is 79.9. The zero-order valence-electron chi connectivity index (χ0n) is 8.55. The Labute approximate surface area is 113 Å². The highest BCUT2D eigenvalue weighted by Crippen LogP contribution is 2.29. The van der Waals surface area contributed by atoms with Crippen LogP contribution >= 0.6 is 39.1 Å². The first-order valence-electron chi connectivity index (χ1n) is 4.74. The predicted octanol–water partition coefficient (Wildman–Crippen LogP) is 3.65. The lowest BCUT2D eigenvalue weighted by atomic mass is 10.1. The van der Waals surface area contributed by atoms with E-state index >= 15 is 0 Å². The fourth-order valence-electron chi connectivity index (χ4n) is 1.24. The van der Waals surface area contributed by atoms with Gasteiger partial charge in [0.1, 0.15) is 12.4 Å². The summed E-state index contributed by atoms with van der Waals surface area (Å²) in [6.07, 6.45) is 0.761. The fourth-order valence-corrected chi connectivity index (χ4v) is 1.88. The van der Waals surface area contributed by atoms with Gasteiger partial charge < -0.3 is 10.5 Å². The molecule has 88 valence electrons. The molecule has 0 heterocycles. The molecule has 5 heteroatoms. The fraction of sp³-hybridized carbons (Fsp3) is 0.273. The molecule has 0 aromatic heterocycles. The highest BCUT2D eigenvalue weighted by Gasteiger charge is 2.07. The van der Waals surface area contributed by atoms with E-state index in [-0.39, 0.29) is 6.61 Å². The molecule has 0 radical (unpaired) electrons. The van der Waals surface area contributed by atoms with Crippen LogP contribution in [0.4, 0.5) is 0 Å². The molecule has 1 aromatic carbocycles. The molecular formula is C11H12BrCl2NO. The van der Waals surface area contributed by atoms with Crippen molar-refractivity contribution in [2.75, 3.05) is 13.2 Å². The summed E-state index contributed by atoms with van der Waals surface area (Å²) in [5, 5.41) is 0.455. The summed E-state index contributed by atoms with van der Waals surface area (Å²) < 4.78 is 6.47. The summed E-state index contributed by atoms with van der Waals surface area (Å²) in [7, 11) is 0. The van der Waals surface area contributed by atoms with Gasteiger partial charge in [-0.05, 0) is 40.5 Å². The Balaban J connectivity index is 2.83. The summed E-state index contributed by atoms with van der Waals surface area (Å²) in [5.74, 6) is 0.768. The van der Waals surface area contributed by atoms with Gasteiger partial charge in [0.05, 0.1) is 9.51 Å². The molecule has 0 spiro atoms. The van der Waals surface area contributed by atoms with Gasteiger partial charge in [0.2, 0.25) is 0 Å². The van der Waals surface area contributed by atoms with Gasteiger partial charge in [-0.25, -0.2) is 0 Å². The van der Waals surface area contributed by atoms with Crippen LogP contribution in [0.25, 0.3) is 0 Å². The third-order valence-electron chi connectivity index (χ3n) is 1.93. The van der Waals surface area contributed by atoms with Crippen molar-refractivity contribution in [3.63, 3.8) is 0 Å². The molecule has 0 aliphatic carbocycles. The molecule has 0 atom stereocenters. The second-order valence-electron chi connectivity index (χ2n) is 3.11. The second-order valence-corrected chi connectivity index (χ2v) is 4.67. The first kappa shape index (κ1) is 13.8. The van der Waals surface area contributed by atoms with Crippen molar-refractivity contribution in [3.05, 3.63) is 38.8 Å². The van der Waals surface area contributed by atoms with Crippen LogP contribution in [-0.4, -0.2) is 13.2 Å². The third-order valence-corrected chi connectivity index (χ3v) is 3.15. The molecule has 16 heavy (non-hydrogen) atoms. The monoisotopic (exact) mass is 323 g/mol. The number of rotatable bonds is 5. The molecule has 0 saturated carbocycles. The summed E-state index contributed by atoms with van der Waals surface area (Å²) >= 11 is 14.6. The van der Waals surface area contributed by atoms with Crippen molar-refractivity contribution >= 4 is 39.1 Å². The number of nitrogens with two attached hydrogens (primary N) is 1. The number of hydrogen-bond acceptors (Lipinski definition) is 2. The zero-order chi connectivity index (χ0) is 12.0. The summed E-state index contributed by atoms with van der Waals surface area (Å²) in [5.41, 5.74) is 7.88. The molecule has 0 aliphatic heterocycles. The normalized spacial score (nSPS) is 11.6. The maximum absolute atomic E-state index is 5.76. The molecule has 2 N–H and O–H groups in total. The number of hydrogen-bond donors (Lipinski definition) is 1. The SMILES string of the molecule is NCCc1cccc(Br)c1OCC(Cl)=CCl. The molecular weight excluding hydrogens is 313 g/mol. The standard InChI is InChI=1S/C11H12BrCl2NO/c12-10-3-1-2-8(4-5-15)11(10)16-7-9(14)6-13/h1-3,6H,4-5,7,15H2. The predicted molar refractivity (Wildman–Crippen MR) is 72.2 cm³/mol. The van der Waals surface area contributed by atoms with Crippen molar-refractivity contribution in [2.45, 2.75) is 6.42 Å². The Hall–Kier alpha value is -0.220. The van der Waals surface area contributed by atoms with Crippen LogP contribution < -0.4 is 10.5 Å². The van der Waals surface area contributed by atoms with Crippen LogP contribution in [-0.2, 0) is 6.42 Å². The van der Waals surface area contributed by atoms with Gasteiger partial charge in [0.25, 0.3) is 0 Å². The van der Waals surface area contributed by atoms with Crippen LogP contribution in [0.3, 0.4) is 0 Å². The molecule has 1 rings (SSSR count). The van der Waals surface area contributed by atoms with E-state index in [2.05, 4.69) is 15.9 Å². The highest BCUT2D eigenvalue weighted by molar-refractivity contribution is 9.10. The molecule has 1 aromatic rings. The summed E-state index contributed by atoms with van der Waals surface area (Å²) in [4.78, 5) is 0. The third kappa shape index (κ3) is 3.98. The van der Waals surface area contributed by atoms with Crippen molar-refractivity contribution in [1.29, 1.82) is 0 Å². The molecule has 0 aliphatic rings. The van der Waals surface area contributed by atoms with E-state index in [1.165, 1.54) is 5.54 Å². The molecule has 2 nitrogen and oxygen atoms in total. The minimum Gasteiger partial charge on any atom is -0.486 e. The smallest absolute Gasteiger partial charge is 0.137 e. The van der Waals surface area contributed by atoms with Crippen LogP contribution in [0, 0.1) is 0 Å². The Kier molecular flexibility index (Phi) is 6.21. The van der Waals surface area contributed by atoms with Gasteiger partial charge in [-0.3, -0.25) is 0 Å². The first-order valence-corrected chi connectivity index (χ1v) is 6.34. The van der Waals surface area contributed by atoms with Crippen molar-refractivity contribution in [1.82, 2.24) is 0 Å². The Morgan fingerprint density at radius 2 is 2.25 bits per heavy atom. The van der Waals surface area contributed by atoms with E-state index in [4.69, 9.17) is 33.7 Å². The average Bonchev–Trinajstić information content (AvgIpc) is 2.28. The van der Waals surface area contributed by atoms with Crippen molar-refractivity contribution in [2.24, 2.45) is 5.73 Å². The van der Waals surface area contributed by atoms with Crippen LogP contribution in [0.5, 0.6) is 5.75 Å². The van der Waals surface area contributed by atoms with Crippen LogP contribution in [0.1, 0.15) is 5.56 Å². The minimum atomic E-state index is 0.255. The number of benzene rings is 1. The topological polar surface area (TPSA) is 35.2 Å². The van der Waals surface area contributed by atoms with Gasteiger partial charge in [-0.2, -0.15) is 0 Å². The van der Waals surface area contributed by atoms with E-state index in [0.29, 0.717) is 11.6 Å². The number of halogens is 3. The number of para-hydroxylation sites is 1. The van der Waals surface area contributed by atoms with E-state index in [0.717, 1.165) is 22.2 Å². The second kappa shape index (κ2) is 7.17. The molecule has 0 fully saturated rings. The lowest BCUT2D eigenvalue weighted by Gasteiger charge is -2.12. The average molecular weight is 325 g/mol. The Morgan fingerprint density at radius 1 is 1.50 bits per heavy atom. The maximum atomic E-state index is 5.76. The lowest BCUT2D eigenvalue weighted by molar-refractivity contribution is 0.353. The van der Waals surface area contributed by atoms with Crippen molar-refractivity contribution in [3.8, 4) is 5.75 Å². The van der Waals surface area contributed by atoms with Crippen molar-refractivity contribution < 1.29 is 4.74 Å². The lowest BCUT2D eigenvalue weighted by Crippen LogP contribution is -2.06. The van der Waals surface area contributed by atoms with Crippen LogP contribution in [0.2, 0.25) is 0 Å². The zero-order valence-corrected chi connectivity index (χ0v) is 11.6. The van der Waals surface area contributed by atoms with E-state index in [1.54, 1.807) is 0 Å². The minimum absolute atomic E-state index is 0.255. The number of ether oxygens (including phenoxy) is 1. The van der Waals surface area contributed by atoms with E-state index in [1.807, 2.05) is 18.2 Å². The van der Waals surface area contributed by atoms with E-state index in [9.17, 15) is 0 Å². The van der Waals surface area contributed by atoms with Gasteiger partial charge in [-0.1, -0.05) is 35.3 Å². The summed E-state index contributed by atoms with van der Waals surface area (Å²) in [6, 6.07) is 5.83. The quantitative estimate of drug-likeness (QED) is 0.897. The first-order chi connectivity index (χ1) is 7.69. The largest absolute Gasteiger partial charge is 0.486 e. The van der Waals surface area contributed by atoms with Gasteiger partial charge in [0.15, 0.2) is 0 Å². The Bertz CT molecular complexity index is 382. The van der Waals surface area contributed by atoms with Gasteiger partial charge >= 0.3 is 0 Å². The molecule has 0 saturated heterocycles. The van der Waals surface area contributed by atoms with Crippen LogP contribution in [0.15, 0.2) is 33.2 Å². The maximum Gasteiger partial charge on any atom is 0.137 e. The Morgan fingerprint density at radius 3 is 2.88 bits per heavy atom. The van der Waals surface area contributed by atoms with E-state index < -0.39 is 0 Å². The molecule has 0 bridgehead atoms. The van der Waals surface area contributed by atoms with Gasteiger partial charge in [0, 0.05) is 5.54 Å². The molecule has 0 unspecified atom stereocenters. The molecule has 0 amide bonds. The summed E-state index contributed by atoms with van der Waals surface area (Å²) in [6.45, 7) is 0.830.